The zero-order chi connectivity index (χ0) is 8.48. The monoisotopic (exact) mass is 156 g/mol. The van der Waals surface area contributed by atoms with E-state index >= 15 is 0 Å². The van der Waals surface area contributed by atoms with Crippen molar-refractivity contribution in [2.45, 2.75) is 25.9 Å². The summed E-state index contributed by atoms with van der Waals surface area (Å²) < 4.78 is 4.62. The molecule has 3 N–H and O–H groups in total. The molecule has 0 fully saturated rings. The summed E-state index contributed by atoms with van der Waals surface area (Å²) in [7, 11) is 0. The third-order valence-electron chi connectivity index (χ3n) is 1.77. The number of anilines is 1. The smallest absolute Gasteiger partial charge is 0.222 e. The van der Waals surface area contributed by atoms with Gasteiger partial charge < -0.3 is 15.4 Å². The van der Waals surface area contributed by atoms with Crippen molar-refractivity contribution in [3.8, 4) is 0 Å². The lowest BCUT2D eigenvalue weighted by Crippen LogP contribution is -2.19. The third-order valence-corrected chi connectivity index (χ3v) is 1.77. The average Bonchev–Trinajstić information content (AvgIpc) is 2.36. The fourth-order valence-electron chi connectivity index (χ4n) is 0.724. The van der Waals surface area contributed by atoms with E-state index in [2.05, 4.69) is 9.68 Å². The van der Waals surface area contributed by atoms with Gasteiger partial charge in [-0.25, -0.2) is 0 Å². The predicted molar refractivity (Wildman–Crippen MR) is 40.8 cm³/mol. The molecule has 1 unspecified atom stereocenters. The molecule has 11 heavy (non-hydrogen) atoms. The Balaban J connectivity index is 2.92. The summed E-state index contributed by atoms with van der Waals surface area (Å²) in [4.78, 5) is 0. The first kappa shape index (κ1) is 8.07. The van der Waals surface area contributed by atoms with E-state index in [0.717, 1.165) is 0 Å². The lowest BCUT2D eigenvalue weighted by atomic mass is 10.00. The molecule has 0 spiro atoms. The van der Waals surface area contributed by atoms with E-state index in [-0.39, 0.29) is 5.88 Å². The van der Waals surface area contributed by atoms with Gasteiger partial charge in [0.25, 0.3) is 0 Å². The van der Waals surface area contributed by atoms with Gasteiger partial charge in [0.05, 0.1) is 0 Å². The first-order chi connectivity index (χ1) is 5.06. The normalized spacial score (nSPS) is 16.3. The Morgan fingerprint density at radius 2 is 2.45 bits per heavy atom. The molecule has 0 saturated carbocycles. The van der Waals surface area contributed by atoms with Crippen molar-refractivity contribution in [3.63, 3.8) is 0 Å². The summed E-state index contributed by atoms with van der Waals surface area (Å²) in [5, 5.41) is 13.2. The van der Waals surface area contributed by atoms with Crippen LogP contribution in [0.15, 0.2) is 10.6 Å². The SMILES string of the molecule is CCC(C)(O)c1cc(N)on1. The number of hydrogen-bond acceptors (Lipinski definition) is 4. The number of aromatic nitrogens is 1. The summed E-state index contributed by atoms with van der Waals surface area (Å²) in [6.45, 7) is 3.54. The molecule has 62 valence electrons. The van der Waals surface area contributed by atoms with Gasteiger partial charge in [0.2, 0.25) is 5.88 Å². The highest BCUT2D eigenvalue weighted by Gasteiger charge is 2.24. The van der Waals surface area contributed by atoms with E-state index < -0.39 is 5.60 Å². The topological polar surface area (TPSA) is 72.3 Å². The summed E-state index contributed by atoms with van der Waals surface area (Å²) in [6, 6.07) is 1.53. The lowest BCUT2D eigenvalue weighted by Gasteiger charge is -2.16. The van der Waals surface area contributed by atoms with Crippen LogP contribution in [0.25, 0.3) is 0 Å². The van der Waals surface area contributed by atoms with Crippen LogP contribution in [-0.2, 0) is 5.60 Å². The summed E-state index contributed by atoms with van der Waals surface area (Å²) >= 11 is 0. The molecule has 4 heteroatoms. The first-order valence-corrected chi connectivity index (χ1v) is 3.51. The third kappa shape index (κ3) is 1.51. The van der Waals surface area contributed by atoms with Crippen LogP contribution in [0.1, 0.15) is 26.0 Å². The van der Waals surface area contributed by atoms with Crippen LogP contribution < -0.4 is 5.73 Å². The van der Waals surface area contributed by atoms with Crippen LogP contribution in [0.2, 0.25) is 0 Å². The summed E-state index contributed by atoms with van der Waals surface area (Å²) in [5.74, 6) is 0.230. The Kier molecular flexibility index (Phi) is 1.87. The maximum absolute atomic E-state index is 9.63. The highest BCUT2D eigenvalue weighted by atomic mass is 16.5. The molecule has 0 aliphatic rings. The second kappa shape index (κ2) is 2.54. The molecular formula is C7H12N2O2. The Bertz CT molecular complexity index is 242. The molecule has 1 atom stereocenters. The van der Waals surface area contributed by atoms with Crippen LogP contribution in [0.3, 0.4) is 0 Å². The zero-order valence-electron chi connectivity index (χ0n) is 6.66. The van der Waals surface area contributed by atoms with Crippen LogP contribution in [0.4, 0.5) is 5.88 Å². The number of rotatable bonds is 2. The van der Waals surface area contributed by atoms with Crippen molar-refractivity contribution in [3.05, 3.63) is 11.8 Å². The predicted octanol–water partition coefficient (Wildman–Crippen LogP) is 0.874. The number of nitrogen functional groups attached to an aromatic ring is 1. The molecule has 1 aromatic heterocycles. The van der Waals surface area contributed by atoms with Gasteiger partial charge in [-0.05, 0) is 13.3 Å². The van der Waals surface area contributed by atoms with Crippen molar-refractivity contribution < 1.29 is 9.63 Å². The van der Waals surface area contributed by atoms with Gasteiger partial charge in [0.1, 0.15) is 11.3 Å². The van der Waals surface area contributed by atoms with Gasteiger partial charge in [-0.2, -0.15) is 0 Å². The van der Waals surface area contributed by atoms with E-state index in [4.69, 9.17) is 5.73 Å². The maximum Gasteiger partial charge on any atom is 0.222 e. The van der Waals surface area contributed by atoms with Crippen LogP contribution in [0.5, 0.6) is 0 Å². The van der Waals surface area contributed by atoms with Gasteiger partial charge in [0.15, 0.2) is 0 Å². The first-order valence-electron chi connectivity index (χ1n) is 3.51. The molecule has 0 aliphatic heterocycles. The summed E-state index contributed by atoms with van der Waals surface area (Å²) in [6.07, 6.45) is 0.582. The van der Waals surface area contributed by atoms with Gasteiger partial charge in [0, 0.05) is 6.07 Å². The van der Waals surface area contributed by atoms with Gasteiger partial charge in [-0.1, -0.05) is 12.1 Å². The minimum Gasteiger partial charge on any atom is -0.384 e. The number of aliphatic hydroxyl groups is 1. The molecule has 4 nitrogen and oxygen atoms in total. The Morgan fingerprint density at radius 3 is 2.82 bits per heavy atom. The van der Waals surface area contributed by atoms with Gasteiger partial charge in [-0.15, -0.1) is 0 Å². The van der Waals surface area contributed by atoms with E-state index in [9.17, 15) is 5.11 Å². The fourth-order valence-corrected chi connectivity index (χ4v) is 0.724. The minimum atomic E-state index is -0.929. The minimum absolute atomic E-state index is 0.230. The molecule has 0 bridgehead atoms. The molecule has 1 heterocycles. The van der Waals surface area contributed by atoms with Crippen LogP contribution in [-0.4, -0.2) is 10.3 Å². The molecular weight excluding hydrogens is 144 g/mol. The van der Waals surface area contributed by atoms with Gasteiger partial charge in [-0.3, -0.25) is 0 Å². The standard InChI is InChI=1S/C7H12N2O2/c1-3-7(2,10)5-4-6(8)11-9-5/h4,10H,3,8H2,1-2H3. The molecule has 1 aromatic rings. The second-order valence-electron chi connectivity index (χ2n) is 2.74. The molecule has 1 rings (SSSR count). The zero-order valence-corrected chi connectivity index (χ0v) is 6.66. The number of hydrogen-bond donors (Lipinski definition) is 2. The highest BCUT2D eigenvalue weighted by Crippen LogP contribution is 2.23. The molecule has 0 aromatic carbocycles. The quantitative estimate of drug-likeness (QED) is 0.666. The van der Waals surface area contributed by atoms with Crippen molar-refractivity contribution in [1.29, 1.82) is 0 Å². The summed E-state index contributed by atoms with van der Waals surface area (Å²) in [5.41, 5.74) is 4.84. The highest BCUT2D eigenvalue weighted by molar-refractivity contribution is 5.27. The molecule has 0 aliphatic carbocycles. The van der Waals surface area contributed by atoms with Crippen LogP contribution >= 0.6 is 0 Å². The number of nitrogens with zero attached hydrogens (tertiary/aromatic N) is 1. The van der Waals surface area contributed by atoms with Gasteiger partial charge >= 0.3 is 0 Å². The van der Waals surface area contributed by atoms with Crippen molar-refractivity contribution in [1.82, 2.24) is 5.16 Å². The number of nitrogens with two attached hydrogens (primary N) is 1. The fraction of sp³-hybridized carbons (Fsp3) is 0.571. The Hall–Kier alpha value is -1.03. The lowest BCUT2D eigenvalue weighted by molar-refractivity contribution is 0.0453. The van der Waals surface area contributed by atoms with E-state index in [1.807, 2.05) is 6.92 Å². The average molecular weight is 156 g/mol. The van der Waals surface area contributed by atoms with Crippen molar-refractivity contribution in [2.24, 2.45) is 0 Å². The Morgan fingerprint density at radius 1 is 1.82 bits per heavy atom. The molecule has 0 amide bonds. The van der Waals surface area contributed by atoms with Crippen molar-refractivity contribution in [2.75, 3.05) is 5.73 Å². The van der Waals surface area contributed by atoms with E-state index in [0.29, 0.717) is 12.1 Å². The maximum atomic E-state index is 9.63. The largest absolute Gasteiger partial charge is 0.384 e. The van der Waals surface area contributed by atoms with Crippen molar-refractivity contribution >= 4 is 5.88 Å². The molecule has 0 saturated heterocycles. The second-order valence-corrected chi connectivity index (χ2v) is 2.74. The van der Waals surface area contributed by atoms with E-state index in [1.54, 1.807) is 6.92 Å². The van der Waals surface area contributed by atoms with E-state index in [1.165, 1.54) is 6.07 Å². The Labute approximate surface area is 65.0 Å². The molecule has 0 radical (unpaired) electrons. The van der Waals surface area contributed by atoms with Crippen LogP contribution in [0, 0.1) is 0 Å².